The lowest BCUT2D eigenvalue weighted by Crippen LogP contribution is -2.16. The predicted octanol–water partition coefficient (Wildman–Crippen LogP) is 3.12. The lowest BCUT2D eigenvalue weighted by atomic mass is 9.86. The van der Waals surface area contributed by atoms with E-state index in [2.05, 4.69) is 0 Å². The fraction of sp³-hybridized carbons (Fsp3) is 0.857. The Bertz CT molecular complexity index is 495. The second kappa shape index (κ2) is 6.23. The molecule has 2 saturated carbocycles. The summed E-state index contributed by atoms with van der Waals surface area (Å²) in [6.45, 7) is 0. The maximum absolute atomic E-state index is 10.8. The summed E-state index contributed by atoms with van der Waals surface area (Å²) in [6.07, 6.45) is 10.4. The number of nitrogens with one attached hydrogen (secondary N) is 1. The largest absolute Gasteiger partial charge is 0.300 e. The lowest BCUT2D eigenvalue weighted by molar-refractivity contribution is 0.241. The highest BCUT2D eigenvalue weighted by Gasteiger charge is 2.63. The van der Waals surface area contributed by atoms with Crippen LogP contribution < -0.4 is 0 Å². The van der Waals surface area contributed by atoms with E-state index < -0.39 is 15.1 Å². The third kappa shape index (κ3) is 3.39. The molecule has 1 saturated heterocycles. The van der Waals surface area contributed by atoms with Crippen LogP contribution in [-0.4, -0.2) is 19.1 Å². The molecule has 1 N–H and O–H groups in total. The fourth-order valence-electron chi connectivity index (χ4n) is 3.09. The molecule has 0 radical (unpaired) electrons. The van der Waals surface area contributed by atoms with Crippen molar-refractivity contribution in [2.75, 3.05) is 0 Å². The molecule has 20 heavy (non-hydrogen) atoms. The number of hydrogen-bond donors (Lipinski definition) is 1. The summed E-state index contributed by atoms with van der Waals surface area (Å²) in [7, 11) is -3.08. The summed E-state index contributed by atoms with van der Waals surface area (Å²) >= 11 is 0. The Kier molecular flexibility index (Phi) is 4.82. The van der Waals surface area contributed by atoms with Gasteiger partial charge in [0.05, 0.1) is 0 Å². The number of rotatable bonds is 1. The second-order valence-electron chi connectivity index (χ2n) is 5.87. The Labute approximate surface area is 120 Å². The van der Waals surface area contributed by atoms with E-state index in [-0.39, 0.29) is 0 Å². The highest BCUT2D eigenvalue weighted by molar-refractivity contribution is 7.93. The van der Waals surface area contributed by atoms with E-state index >= 15 is 0 Å². The van der Waals surface area contributed by atoms with Crippen molar-refractivity contribution in [1.29, 1.82) is 10.7 Å². The van der Waals surface area contributed by atoms with Crippen LogP contribution in [0.25, 0.3) is 0 Å². The van der Waals surface area contributed by atoms with Gasteiger partial charge < -0.3 is 0 Å². The SMILES string of the molecule is N#CC(=N)C1CCCCC1.O=S1(=O)OC12CCCCC2. The minimum absolute atomic E-state index is 0.291. The first-order chi connectivity index (χ1) is 9.51. The van der Waals surface area contributed by atoms with E-state index in [1.807, 2.05) is 6.07 Å². The van der Waals surface area contributed by atoms with Gasteiger partial charge in [-0.2, -0.15) is 13.7 Å². The molecule has 5 nitrogen and oxygen atoms in total. The maximum Gasteiger partial charge on any atom is 0.300 e. The van der Waals surface area contributed by atoms with E-state index in [4.69, 9.17) is 14.9 Å². The normalized spacial score (nSPS) is 26.9. The molecular formula is C14H22N2O3S. The molecule has 2 aliphatic carbocycles. The van der Waals surface area contributed by atoms with E-state index in [0.717, 1.165) is 44.9 Å². The van der Waals surface area contributed by atoms with E-state index in [0.29, 0.717) is 11.6 Å². The number of hydrogen-bond acceptors (Lipinski definition) is 5. The summed E-state index contributed by atoms with van der Waals surface area (Å²) in [5.41, 5.74) is 0.291. The topological polar surface area (TPSA) is 94.3 Å². The van der Waals surface area contributed by atoms with E-state index in [1.54, 1.807) is 0 Å². The maximum atomic E-state index is 10.8. The molecule has 1 spiro atoms. The monoisotopic (exact) mass is 298 g/mol. The number of nitrogens with zero attached hydrogens (tertiary/aromatic N) is 1. The molecule has 0 aromatic rings. The summed E-state index contributed by atoms with van der Waals surface area (Å²) in [5.74, 6) is 0.291. The van der Waals surface area contributed by atoms with Crippen molar-refractivity contribution >= 4 is 15.8 Å². The summed E-state index contributed by atoms with van der Waals surface area (Å²) < 4.78 is 26.4. The molecule has 0 amide bonds. The van der Waals surface area contributed by atoms with Gasteiger partial charge in [0.15, 0.2) is 0 Å². The first-order valence-electron chi connectivity index (χ1n) is 7.44. The van der Waals surface area contributed by atoms with Crippen molar-refractivity contribution < 1.29 is 12.6 Å². The van der Waals surface area contributed by atoms with Crippen molar-refractivity contribution in [2.45, 2.75) is 69.1 Å². The molecule has 3 fully saturated rings. The average molecular weight is 298 g/mol. The van der Waals surface area contributed by atoms with Gasteiger partial charge in [-0.05, 0) is 38.5 Å². The molecule has 3 aliphatic rings. The van der Waals surface area contributed by atoms with Crippen LogP contribution in [0.3, 0.4) is 0 Å². The molecule has 1 heterocycles. The summed E-state index contributed by atoms with van der Waals surface area (Å²) in [6, 6.07) is 1.92. The minimum atomic E-state index is -3.08. The molecule has 112 valence electrons. The predicted molar refractivity (Wildman–Crippen MR) is 75.7 cm³/mol. The van der Waals surface area contributed by atoms with Gasteiger partial charge in [0, 0.05) is 5.92 Å². The zero-order valence-electron chi connectivity index (χ0n) is 11.7. The van der Waals surface area contributed by atoms with Gasteiger partial charge in [-0.3, -0.25) is 5.41 Å². The zero-order chi connectivity index (χ0) is 14.6. The van der Waals surface area contributed by atoms with Crippen LogP contribution in [0, 0.1) is 22.7 Å². The standard InChI is InChI=1S/C8H12N2.C6H10O3S/c9-6-8(10)7-4-2-1-3-5-7;7-10(8)6(9-10)4-2-1-3-5-6/h7,10H,1-5H2;1-5H2. The van der Waals surface area contributed by atoms with Crippen molar-refractivity contribution in [3.8, 4) is 6.07 Å². The summed E-state index contributed by atoms with van der Waals surface area (Å²) in [4.78, 5) is -0.703. The fourth-order valence-corrected chi connectivity index (χ4v) is 4.58. The highest BCUT2D eigenvalue weighted by Crippen LogP contribution is 2.49. The molecule has 0 unspecified atom stereocenters. The average Bonchev–Trinajstić information content (AvgIpc) is 3.00. The second-order valence-corrected chi connectivity index (χ2v) is 7.69. The van der Waals surface area contributed by atoms with Crippen LogP contribution in [0.4, 0.5) is 0 Å². The van der Waals surface area contributed by atoms with Gasteiger partial charge in [-0.25, -0.2) is 4.18 Å². The Morgan fingerprint density at radius 2 is 1.60 bits per heavy atom. The third-order valence-corrected chi connectivity index (χ3v) is 6.23. The van der Waals surface area contributed by atoms with Gasteiger partial charge in [-0.15, -0.1) is 0 Å². The van der Waals surface area contributed by atoms with Crippen molar-refractivity contribution in [2.24, 2.45) is 5.92 Å². The van der Waals surface area contributed by atoms with Gasteiger partial charge in [-0.1, -0.05) is 25.7 Å². The molecule has 1 aliphatic heterocycles. The van der Waals surface area contributed by atoms with Gasteiger partial charge >= 0.3 is 10.1 Å². The Morgan fingerprint density at radius 3 is 2.00 bits per heavy atom. The van der Waals surface area contributed by atoms with Crippen LogP contribution in [0.15, 0.2) is 0 Å². The Balaban J connectivity index is 0.000000147. The Morgan fingerprint density at radius 1 is 1.10 bits per heavy atom. The molecule has 0 aromatic carbocycles. The van der Waals surface area contributed by atoms with Crippen LogP contribution in [0.2, 0.25) is 0 Å². The molecule has 3 rings (SSSR count). The van der Waals surface area contributed by atoms with E-state index in [1.165, 1.54) is 19.3 Å². The quantitative estimate of drug-likeness (QED) is 0.594. The van der Waals surface area contributed by atoms with E-state index in [9.17, 15) is 8.42 Å². The minimum Gasteiger partial charge on any atom is -0.294 e. The van der Waals surface area contributed by atoms with Crippen molar-refractivity contribution in [1.82, 2.24) is 0 Å². The van der Waals surface area contributed by atoms with Gasteiger partial charge in [0.25, 0.3) is 0 Å². The first-order valence-corrected chi connectivity index (χ1v) is 8.85. The van der Waals surface area contributed by atoms with Crippen LogP contribution >= 0.6 is 0 Å². The van der Waals surface area contributed by atoms with Crippen molar-refractivity contribution in [3.05, 3.63) is 0 Å². The highest BCUT2D eigenvalue weighted by atomic mass is 32.2. The van der Waals surface area contributed by atoms with Crippen LogP contribution in [0.1, 0.15) is 64.2 Å². The lowest BCUT2D eigenvalue weighted by Gasteiger charge is -2.18. The first kappa shape index (κ1) is 15.5. The number of nitriles is 1. The van der Waals surface area contributed by atoms with Crippen LogP contribution in [0.5, 0.6) is 0 Å². The third-order valence-electron chi connectivity index (χ3n) is 4.44. The molecule has 0 bridgehead atoms. The molecule has 6 heteroatoms. The van der Waals surface area contributed by atoms with Gasteiger partial charge in [0.2, 0.25) is 4.93 Å². The van der Waals surface area contributed by atoms with Crippen LogP contribution in [-0.2, 0) is 14.3 Å². The Hall–Kier alpha value is -0.930. The molecule has 0 aromatic heterocycles. The molecule has 0 atom stereocenters. The summed E-state index contributed by atoms with van der Waals surface area (Å²) in [5, 5.41) is 15.7. The van der Waals surface area contributed by atoms with Gasteiger partial charge in [0.1, 0.15) is 11.8 Å². The molecular weight excluding hydrogens is 276 g/mol. The smallest absolute Gasteiger partial charge is 0.294 e. The van der Waals surface area contributed by atoms with Crippen molar-refractivity contribution in [3.63, 3.8) is 0 Å². The zero-order valence-corrected chi connectivity index (χ0v) is 12.5.